The van der Waals surface area contributed by atoms with E-state index < -0.39 is 33.4 Å². The fourth-order valence-electron chi connectivity index (χ4n) is 7.15. The molecule has 1 spiro atoms. The second-order valence-corrected chi connectivity index (χ2v) is 13.1. The number of nitrogens with zero attached hydrogens (tertiary/aromatic N) is 6. The van der Waals surface area contributed by atoms with Crippen molar-refractivity contribution in [1.29, 1.82) is 0 Å². The number of hydrogen-bond donors (Lipinski definition) is 1. The van der Waals surface area contributed by atoms with Crippen LogP contribution in [0.1, 0.15) is 33.6 Å². The molecule has 0 radical (unpaired) electrons. The zero-order valence-electron chi connectivity index (χ0n) is 23.1. The van der Waals surface area contributed by atoms with Crippen molar-refractivity contribution in [3.63, 3.8) is 0 Å². The quantitative estimate of drug-likeness (QED) is 0.513. The van der Waals surface area contributed by atoms with Gasteiger partial charge in [-0.25, -0.2) is 4.68 Å². The summed E-state index contributed by atoms with van der Waals surface area (Å²) in [6.45, 7) is 7.36. The summed E-state index contributed by atoms with van der Waals surface area (Å²) in [5.74, 6) is -1.79. The van der Waals surface area contributed by atoms with Crippen LogP contribution < -0.4 is 0 Å². The van der Waals surface area contributed by atoms with Gasteiger partial charge < -0.3 is 19.8 Å². The Hall–Kier alpha value is -3.18. The molecule has 6 atom stereocenters. The molecule has 11 heteroatoms. The third kappa shape index (κ3) is 3.84. The maximum absolute atomic E-state index is 14.6. The van der Waals surface area contributed by atoms with E-state index in [0.717, 1.165) is 17.5 Å². The van der Waals surface area contributed by atoms with E-state index in [1.807, 2.05) is 68.2 Å². The minimum atomic E-state index is -0.940. The molecule has 40 heavy (non-hydrogen) atoms. The molecule has 10 nitrogen and oxygen atoms in total. The molecule has 0 bridgehead atoms. The highest BCUT2D eigenvalue weighted by Gasteiger charge is 2.74. The third-order valence-corrected chi connectivity index (χ3v) is 10.8. The number of hydrogen-bond acceptors (Lipinski definition) is 7. The van der Waals surface area contributed by atoms with Gasteiger partial charge in [0.2, 0.25) is 17.7 Å². The Bertz CT molecular complexity index is 1400. The summed E-state index contributed by atoms with van der Waals surface area (Å²) in [4.78, 5) is 48.2. The van der Waals surface area contributed by atoms with Crippen LogP contribution in [0.15, 0.2) is 48.6 Å². The van der Waals surface area contributed by atoms with Crippen LogP contribution in [0.4, 0.5) is 0 Å². The predicted octanol–water partition coefficient (Wildman–Crippen LogP) is 2.05. The second-order valence-electron chi connectivity index (χ2n) is 11.4. The van der Waals surface area contributed by atoms with Crippen molar-refractivity contribution in [2.45, 2.75) is 61.9 Å². The highest BCUT2D eigenvalue weighted by Crippen LogP contribution is 2.65. The van der Waals surface area contributed by atoms with Gasteiger partial charge in [0.1, 0.15) is 18.2 Å². The molecule has 5 heterocycles. The summed E-state index contributed by atoms with van der Waals surface area (Å²) in [6, 6.07) is 6.20. The number of para-hydroxylation sites is 1. The molecule has 212 valence electrons. The average molecular weight is 565 g/mol. The largest absolute Gasteiger partial charge is 0.394 e. The van der Waals surface area contributed by atoms with Gasteiger partial charge in [-0.2, -0.15) is 0 Å². The first-order chi connectivity index (χ1) is 19.3. The number of carbonyl (C=O) groups excluding carboxylic acids is 3. The van der Waals surface area contributed by atoms with Crippen molar-refractivity contribution in [3.8, 4) is 0 Å². The number of fused-ring (bicyclic) bond motifs is 3. The van der Waals surface area contributed by atoms with Gasteiger partial charge in [-0.15, -0.1) is 16.9 Å². The molecule has 3 amide bonds. The van der Waals surface area contributed by atoms with E-state index in [4.69, 9.17) is 0 Å². The molecule has 0 saturated carbocycles. The molecule has 4 aliphatic heterocycles. The summed E-state index contributed by atoms with van der Waals surface area (Å²) in [6.07, 6.45) is 9.39. The SMILES string of the molecule is CCCN1CC=C[C@]2(C)S[C@]34C=CCN(Cn5nnc6ccccc65)C(=O)C3N([C@@H](CC)CO)C(=O)[C@@H]4[C@@H]2C1=O. The number of thioether (sulfide) groups is 1. The Morgan fingerprint density at radius 1 is 1.02 bits per heavy atom. The molecule has 1 aromatic carbocycles. The zero-order chi connectivity index (χ0) is 28.2. The molecule has 1 N–H and O–H groups in total. The minimum Gasteiger partial charge on any atom is -0.394 e. The number of likely N-dealkylation sites (tertiary alicyclic amines) is 1. The summed E-state index contributed by atoms with van der Waals surface area (Å²) in [7, 11) is 0. The average Bonchev–Trinajstić information content (AvgIpc) is 3.48. The summed E-state index contributed by atoms with van der Waals surface area (Å²) >= 11 is 1.56. The van der Waals surface area contributed by atoms with E-state index in [1.54, 1.807) is 26.2 Å². The summed E-state index contributed by atoms with van der Waals surface area (Å²) in [5, 5.41) is 18.9. The van der Waals surface area contributed by atoms with Gasteiger partial charge in [0, 0.05) is 24.4 Å². The summed E-state index contributed by atoms with van der Waals surface area (Å²) < 4.78 is 0.112. The minimum absolute atomic E-state index is 0.0363. The van der Waals surface area contributed by atoms with Crippen LogP contribution in [0.3, 0.4) is 0 Å². The lowest BCUT2D eigenvalue weighted by Crippen LogP contribution is -2.56. The molecule has 0 aliphatic carbocycles. The number of benzene rings is 1. The number of aliphatic hydroxyl groups is 1. The van der Waals surface area contributed by atoms with Crippen LogP contribution in [-0.4, -0.2) is 100 Å². The maximum atomic E-state index is 14.6. The molecular weight excluding hydrogens is 528 g/mol. The van der Waals surface area contributed by atoms with Crippen molar-refractivity contribution in [1.82, 2.24) is 29.7 Å². The van der Waals surface area contributed by atoms with Gasteiger partial charge in [-0.05, 0) is 31.9 Å². The van der Waals surface area contributed by atoms with Crippen molar-refractivity contribution >= 4 is 40.5 Å². The van der Waals surface area contributed by atoms with Gasteiger partial charge >= 0.3 is 0 Å². The first-order valence-electron chi connectivity index (χ1n) is 14.1. The van der Waals surface area contributed by atoms with Crippen molar-refractivity contribution in [2.24, 2.45) is 11.8 Å². The van der Waals surface area contributed by atoms with Crippen molar-refractivity contribution in [3.05, 3.63) is 48.6 Å². The summed E-state index contributed by atoms with van der Waals surface area (Å²) in [5.41, 5.74) is 1.55. The third-order valence-electron chi connectivity index (χ3n) is 8.96. The lowest BCUT2D eigenvalue weighted by atomic mass is 9.74. The van der Waals surface area contributed by atoms with E-state index in [9.17, 15) is 19.5 Å². The van der Waals surface area contributed by atoms with E-state index in [1.165, 1.54) is 0 Å². The van der Waals surface area contributed by atoms with E-state index >= 15 is 0 Å². The molecule has 1 unspecified atom stereocenters. The Balaban J connectivity index is 1.44. The Kier molecular flexibility index (Phi) is 6.77. The Morgan fingerprint density at radius 3 is 2.52 bits per heavy atom. The molecule has 2 saturated heterocycles. The van der Waals surface area contributed by atoms with Gasteiger partial charge in [0.25, 0.3) is 0 Å². The first kappa shape index (κ1) is 27.0. The Morgan fingerprint density at radius 2 is 1.77 bits per heavy atom. The van der Waals surface area contributed by atoms with Crippen LogP contribution in [0.5, 0.6) is 0 Å². The first-order valence-corrected chi connectivity index (χ1v) is 15.0. The molecule has 1 aromatic heterocycles. The van der Waals surface area contributed by atoms with Gasteiger partial charge in [0.05, 0.1) is 34.7 Å². The lowest BCUT2D eigenvalue weighted by Gasteiger charge is -2.39. The smallest absolute Gasteiger partial charge is 0.248 e. The number of aliphatic hydroxyl groups excluding tert-OH is 1. The maximum Gasteiger partial charge on any atom is 0.248 e. The topological polar surface area (TPSA) is 112 Å². The van der Waals surface area contributed by atoms with E-state index in [-0.39, 0.29) is 31.0 Å². The van der Waals surface area contributed by atoms with Crippen molar-refractivity contribution < 1.29 is 19.5 Å². The zero-order valence-corrected chi connectivity index (χ0v) is 24.0. The normalized spacial score (nSPS) is 32.4. The van der Waals surface area contributed by atoms with E-state index in [0.29, 0.717) is 26.1 Å². The standard InChI is InChI=1S/C29H36N6O4S/c1-4-14-32-15-8-12-28(3)22(25(32)37)23-26(38)35(19(5-2)17-36)24-27(39)33(16-9-13-29(23,24)40-28)18-34-21-11-7-6-10-20(21)30-31-34/h6-13,19,22-24,36H,4-5,14-18H2,1-3H3/t19-,22+,23-,24?,28-,29-/m0/s1. The molecule has 6 rings (SSSR count). The fraction of sp³-hybridized carbons (Fsp3) is 0.552. The Labute approximate surface area is 238 Å². The van der Waals surface area contributed by atoms with Crippen molar-refractivity contribution in [2.75, 3.05) is 26.2 Å². The molecule has 2 aromatic rings. The van der Waals surface area contributed by atoms with E-state index in [2.05, 4.69) is 16.4 Å². The van der Waals surface area contributed by atoms with Crippen LogP contribution in [0.25, 0.3) is 11.0 Å². The van der Waals surface area contributed by atoms with Gasteiger partial charge in [-0.1, -0.05) is 55.5 Å². The van der Waals surface area contributed by atoms with Crippen LogP contribution in [-0.2, 0) is 21.1 Å². The number of amides is 3. The van der Waals surface area contributed by atoms with Gasteiger partial charge in [0.15, 0.2) is 0 Å². The highest BCUT2D eigenvalue weighted by molar-refractivity contribution is 8.02. The van der Waals surface area contributed by atoms with Crippen LogP contribution in [0, 0.1) is 11.8 Å². The molecule has 4 aliphatic rings. The predicted molar refractivity (Wildman–Crippen MR) is 152 cm³/mol. The highest BCUT2D eigenvalue weighted by atomic mass is 32.2. The molecular formula is C29H36N6O4S. The molecule has 2 fully saturated rings. The number of carbonyl (C=O) groups is 3. The fourth-order valence-corrected chi connectivity index (χ4v) is 9.29. The monoisotopic (exact) mass is 564 g/mol. The van der Waals surface area contributed by atoms with Crippen LogP contribution in [0.2, 0.25) is 0 Å². The number of rotatable bonds is 7. The lowest BCUT2D eigenvalue weighted by molar-refractivity contribution is -0.147. The second kappa shape index (κ2) is 10.0. The van der Waals surface area contributed by atoms with Crippen LogP contribution >= 0.6 is 11.8 Å². The number of aromatic nitrogens is 3. The van der Waals surface area contributed by atoms with Gasteiger partial charge in [-0.3, -0.25) is 14.4 Å².